The van der Waals surface area contributed by atoms with Gasteiger partial charge < -0.3 is 24.1 Å². The van der Waals surface area contributed by atoms with E-state index in [9.17, 15) is 14.4 Å². The number of hydrogen-bond acceptors (Lipinski definition) is 8. The van der Waals surface area contributed by atoms with Crippen molar-refractivity contribution in [2.45, 2.75) is 69.9 Å². The third kappa shape index (κ3) is 6.88. The number of ketones is 1. The molecule has 12 heteroatoms. The number of esters is 1. The molecule has 1 aliphatic carbocycles. The summed E-state index contributed by atoms with van der Waals surface area (Å²) < 4.78 is 19.8. The summed E-state index contributed by atoms with van der Waals surface area (Å²) in [7, 11) is 3.58. The Morgan fingerprint density at radius 3 is 2.35 bits per heavy atom. The van der Waals surface area contributed by atoms with Crippen molar-refractivity contribution in [3.05, 3.63) is 63.8 Å². The first-order chi connectivity index (χ1) is 23.1. The maximum atomic E-state index is 14.7. The van der Waals surface area contributed by atoms with E-state index in [-0.39, 0.29) is 47.2 Å². The molecule has 10 nitrogen and oxygen atoms in total. The predicted molar refractivity (Wildman–Crippen MR) is 185 cm³/mol. The number of carbonyl (C=O) groups is 3. The van der Waals surface area contributed by atoms with Crippen LogP contribution in [0.2, 0.25) is 10.0 Å². The quantitative estimate of drug-likeness (QED) is 0.228. The molecule has 0 bridgehead atoms. The van der Waals surface area contributed by atoms with Gasteiger partial charge in [-0.15, -0.1) is 0 Å². The zero-order chi connectivity index (χ0) is 34.0. The summed E-state index contributed by atoms with van der Waals surface area (Å²) in [4.78, 5) is 44.7. The molecule has 1 amide bonds. The monoisotopic (exact) mass is 698 g/mol. The lowest BCUT2D eigenvalue weighted by molar-refractivity contribution is -0.282. The Morgan fingerprint density at radius 1 is 0.958 bits per heavy atom. The topological polar surface area (TPSA) is 102 Å². The Balaban J connectivity index is 1.24. The van der Waals surface area contributed by atoms with E-state index in [1.54, 1.807) is 25.4 Å². The van der Waals surface area contributed by atoms with Crippen molar-refractivity contribution < 1.29 is 28.6 Å². The summed E-state index contributed by atoms with van der Waals surface area (Å²) in [6.45, 7) is 4.76. The molecule has 48 heavy (non-hydrogen) atoms. The predicted octanol–water partition coefficient (Wildman–Crippen LogP) is 6.07. The van der Waals surface area contributed by atoms with Crippen molar-refractivity contribution in [1.82, 2.24) is 14.4 Å². The molecule has 2 saturated heterocycles. The number of aromatic nitrogens is 1. The second kappa shape index (κ2) is 14.9. The second-order valence-electron chi connectivity index (χ2n) is 13.1. The Hall–Kier alpha value is -2.99. The molecule has 0 spiro atoms. The number of carbonyl (C=O) groups excluding carboxylic acids is 3. The van der Waals surface area contributed by atoms with Gasteiger partial charge in [0.15, 0.2) is 5.78 Å². The van der Waals surface area contributed by atoms with Crippen LogP contribution in [0.5, 0.6) is 0 Å². The number of amides is 1. The van der Waals surface area contributed by atoms with Gasteiger partial charge in [-0.05, 0) is 69.2 Å². The molecule has 1 saturated carbocycles. The van der Waals surface area contributed by atoms with Crippen molar-refractivity contribution in [2.24, 2.45) is 13.0 Å². The fourth-order valence-corrected chi connectivity index (χ4v) is 7.81. The molecule has 6 rings (SSSR count). The zero-order valence-corrected chi connectivity index (χ0v) is 29.3. The van der Waals surface area contributed by atoms with Gasteiger partial charge in [-0.1, -0.05) is 41.4 Å². The van der Waals surface area contributed by atoms with Crippen LogP contribution in [0.4, 0.5) is 5.69 Å². The minimum atomic E-state index is -1.30. The van der Waals surface area contributed by atoms with Crippen LogP contribution in [-0.4, -0.2) is 90.0 Å². The number of methoxy groups -OCH3 is 1. The van der Waals surface area contributed by atoms with Crippen molar-refractivity contribution in [2.75, 3.05) is 45.2 Å². The number of ether oxygens (including phenoxy) is 3. The third-order valence-corrected chi connectivity index (χ3v) is 10.7. The molecule has 3 heterocycles. The molecule has 2 aromatic carbocycles. The number of likely N-dealkylation sites (tertiary alicyclic amines) is 2. The van der Waals surface area contributed by atoms with Crippen molar-refractivity contribution in [1.29, 1.82) is 0 Å². The highest BCUT2D eigenvalue weighted by Crippen LogP contribution is 2.39. The lowest BCUT2D eigenvalue weighted by Crippen LogP contribution is -2.74. The van der Waals surface area contributed by atoms with E-state index in [4.69, 9.17) is 37.4 Å². The molecule has 1 aromatic heterocycles. The molecule has 3 aromatic rings. The lowest BCUT2D eigenvalue weighted by atomic mass is 9.87. The highest BCUT2D eigenvalue weighted by Gasteiger charge is 2.56. The summed E-state index contributed by atoms with van der Waals surface area (Å²) in [5.41, 5.74) is 2.38. The molecule has 3 aliphatic rings. The third-order valence-electron chi connectivity index (χ3n) is 10.0. The van der Waals surface area contributed by atoms with Gasteiger partial charge in [0.05, 0.1) is 41.0 Å². The number of hydrogen-bond donors (Lipinski definition) is 1. The van der Waals surface area contributed by atoms with Crippen LogP contribution < -0.4 is 5.32 Å². The number of aryl methyl sites for hydroxylation is 1. The van der Waals surface area contributed by atoms with Gasteiger partial charge in [-0.25, -0.2) is 0 Å². The number of benzene rings is 2. The maximum absolute atomic E-state index is 14.7. The van der Waals surface area contributed by atoms with Gasteiger partial charge in [0.25, 0.3) is 5.91 Å². The van der Waals surface area contributed by atoms with Crippen molar-refractivity contribution >= 4 is 57.5 Å². The number of halogens is 2. The molecule has 0 radical (unpaired) electrons. The SMILES string of the molecule is CCOC(=O)[C@H]1CC[C@H](OC(C(=O)Cc2cc(Cl)c(NC(=O)c3cn(C)c4ccccc34)cc2Cl)(N2CCCC2)N2CC(OC)C2)CC1. The van der Waals surface area contributed by atoms with Gasteiger partial charge in [-0.2, -0.15) is 0 Å². The lowest BCUT2D eigenvalue weighted by Gasteiger charge is -2.55. The van der Waals surface area contributed by atoms with Crippen LogP contribution in [0.15, 0.2) is 42.6 Å². The van der Waals surface area contributed by atoms with Crippen LogP contribution in [0, 0.1) is 5.92 Å². The Kier molecular flexibility index (Phi) is 10.8. The van der Waals surface area contributed by atoms with E-state index >= 15 is 0 Å². The average Bonchev–Trinajstić information content (AvgIpc) is 3.72. The summed E-state index contributed by atoms with van der Waals surface area (Å²) >= 11 is 13.6. The fraction of sp³-hybridized carbons (Fsp3) is 0.528. The molecule has 3 fully saturated rings. The second-order valence-corrected chi connectivity index (χ2v) is 13.9. The first-order valence-electron chi connectivity index (χ1n) is 16.9. The van der Waals surface area contributed by atoms with E-state index in [1.807, 2.05) is 42.8 Å². The number of rotatable bonds is 12. The van der Waals surface area contributed by atoms with Gasteiger partial charge in [0.1, 0.15) is 0 Å². The molecule has 1 unspecified atom stereocenters. The molecular formula is C36H44Cl2N4O6. The van der Waals surface area contributed by atoms with E-state index < -0.39 is 5.85 Å². The minimum absolute atomic E-state index is 0.00518. The maximum Gasteiger partial charge on any atom is 0.308 e. The summed E-state index contributed by atoms with van der Waals surface area (Å²) in [6, 6.07) is 10.9. The Bertz CT molecular complexity index is 1660. The largest absolute Gasteiger partial charge is 0.466 e. The highest BCUT2D eigenvalue weighted by atomic mass is 35.5. The number of Topliss-reactive ketones (excluding diaryl/α,β-unsaturated/α-hetero) is 1. The van der Waals surface area contributed by atoms with E-state index in [0.29, 0.717) is 67.2 Å². The van der Waals surface area contributed by atoms with Crippen LogP contribution in [0.3, 0.4) is 0 Å². The highest BCUT2D eigenvalue weighted by molar-refractivity contribution is 6.36. The zero-order valence-electron chi connectivity index (χ0n) is 27.8. The van der Waals surface area contributed by atoms with Gasteiger partial charge in [-0.3, -0.25) is 24.2 Å². The first kappa shape index (κ1) is 34.9. The van der Waals surface area contributed by atoms with Crippen molar-refractivity contribution in [3.63, 3.8) is 0 Å². The van der Waals surface area contributed by atoms with Gasteiger partial charge in [0, 0.05) is 68.9 Å². The molecule has 2 aliphatic heterocycles. The Morgan fingerprint density at radius 2 is 1.67 bits per heavy atom. The Labute approximate surface area is 291 Å². The van der Waals surface area contributed by atoms with Gasteiger partial charge >= 0.3 is 5.97 Å². The first-order valence-corrected chi connectivity index (χ1v) is 17.6. The van der Waals surface area contributed by atoms with Crippen LogP contribution in [0.25, 0.3) is 10.9 Å². The smallest absolute Gasteiger partial charge is 0.308 e. The fourth-order valence-electron chi connectivity index (χ4n) is 7.35. The van der Waals surface area contributed by atoms with Crippen LogP contribution in [-0.2, 0) is 37.3 Å². The van der Waals surface area contributed by atoms with E-state index in [2.05, 4.69) is 15.1 Å². The molecule has 258 valence electrons. The minimum Gasteiger partial charge on any atom is -0.466 e. The number of nitrogens with one attached hydrogen (secondary N) is 1. The summed E-state index contributed by atoms with van der Waals surface area (Å²) in [6.07, 6.45) is 6.13. The summed E-state index contributed by atoms with van der Waals surface area (Å²) in [5, 5.41) is 4.34. The molecule has 1 N–H and O–H groups in total. The standard InChI is InChI=1S/C36H44Cl2N4O6/c1-4-47-35(45)23-11-13-25(14-12-23)48-36(41-15-7-8-16-41,42-20-26(21-42)46-3)33(43)18-24-17-30(38)31(19-29(24)37)39-34(44)28-22-40(2)32-10-6-5-9-27(28)32/h5-6,9-10,17,19,22-23,25-26H,4,7-8,11-16,18,20-21H2,1-3H3,(H,39,44)/t23-,25-,36?. The number of nitrogens with zero attached hydrogens (tertiary/aromatic N) is 3. The molecular weight excluding hydrogens is 655 g/mol. The summed E-state index contributed by atoms with van der Waals surface area (Å²) in [5.74, 6) is -2.05. The van der Waals surface area contributed by atoms with Crippen molar-refractivity contribution in [3.8, 4) is 0 Å². The number of anilines is 1. The van der Waals surface area contributed by atoms with Crippen LogP contribution >= 0.6 is 23.2 Å². The number of para-hydroxylation sites is 1. The van der Waals surface area contributed by atoms with E-state index in [0.717, 1.165) is 36.8 Å². The average molecular weight is 700 g/mol. The van der Waals surface area contributed by atoms with E-state index in [1.165, 1.54) is 0 Å². The van der Waals surface area contributed by atoms with Crippen LogP contribution in [0.1, 0.15) is 61.4 Å². The number of fused-ring (bicyclic) bond motifs is 1. The molecule has 1 atom stereocenters. The van der Waals surface area contributed by atoms with Gasteiger partial charge in [0.2, 0.25) is 5.85 Å². The normalized spacial score (nSPS) is 21.9.